The van der Waals surface area contributed by atoms with Crippen molar-refractivity contribution in [2.75, 3.05) is 12.4 Å². The molecule has 0 spiro atoms. The van der Waals surface area contributed by atoms with Gasteiger partial charge >= 0.3 is 0 Å². The molecule has 0 saturated carbocycles. The quantitative estimate of drug-likeness (QED) is 0.593. The number of hydrogen-bond donors (Lipinski definition) is 0. The molecule has 0 fully saturated rings. The average molecular weight is 196 g/mol. The van der Waals surface area contributed by atoms with E-state index in [4.69, 9.17) is 0 Å². The first kappa shape index (κ1) is 11.6. The van der Waals surface area contributed by atoms with Crippen molar-refractivity contribution in [1.29, 1.82) is 0 Å². The molecule has 0 N–H and O–H groups in total. The third-order valence-electron chi connectivity index (χ3n) is 1.45. The fraction of sp³-hybridized carbons (Fsp3) is 1.00. The summed E-state index contributed by atoms with van der Waals surface area (Å²) in [5.41, 5.74) is 0. The highest BCUT2D eigenvalue weighted by molar-refractivity contribution is 8.76. The summed E-state index contributed by atoms with van der Waals surface area (Å²) < 4.78 is 12.0. The number of hydrogen-bond acceptors (Lipinski definition) is 2. The summed E-state index contributed by atoms with van der Waals surface area (Å²) in [5, 5.41) is 0.491. The van der Waals surface area contributed by atoms with Crippen LogP contribution in [-0.4, -0.2) is 17.7 Å². The molecule has 0 heterocycles. The lowest BCUT2D eigenvalue weighted by atomic mass is 10.1. The lowest BCUT2D eigenvalue weighted by Gasteiger charge is -2.17. The predicted octanol–water partition coefficient (Wildman–Crippen LogP) is 3.77. The maximum Gasteiger partial charge on any atom is 0.0905 e. The van der Waals surface area contributed by atoms with Crippen LogP contribution in [0.1, 0.15) is 27.2 Å². The Morgan fingerprint density at radius 1 is 1.36 bits per heavy atom. The average Bonchev–Trinajstić information content (AvgIpc) is 1.97. The molecule has 0 aromatic heterocycles. The summed E-state index contributed by atoms with van der Waals surface area (Å²) in [4.78, 5) is 0. The van der Waals surface area contributed by atoms with Gasteiger partial charge in [-0.25, -0.2) is 0 Å². The van der Waals surface area contributed by atoms with E-state index < -0.39 is 0 Å². The van der Waals surface area contributed by atoms with Crippen LogP contribution in [0.25, 0.3) is 0 Å². The topological polar surface area (TPSA) is 0 Å². The summed E-state index contributed by atoms with van der Waals surface area (Å²) in [7, 11) is 3.67. The van der Waals surface area contributed by atoms with Gasteiger partial charge in [-0.1, -0.05) is 42.4 Å². The molecule has 0 rings (SSSR count). The van der Waals surface area contributed by atoms with Crippen LogP contribution in [0.3, 0.4) is 0 Å². The second-order valence-electron chi connectivity index (χ2n) is 2.76. The Balaban J connectivity index is 3.51. The van der Waals surface area contributed by atoms with Crippen molar-refractivity contribution in [3.63, 3.8) is 0 Å². The fourth-order valence-electron chi connectivity index (χ4n) is 0.756. The van der Waals surface area contributed by atoms with Crippen LogP contribution in [0.5, 0.6) is 0 Å². The number of rotatable bonds is 6. The van der Waals surface area contributed by atoms with Gasteiger partial charge in [0.1, 0.15) is 0 Å². The van der Waals surface area contributed by atoms with Crippen molar-refractivity contribution in [3.8, 4) is 0 Å². The zero-order valence-electron chi connectivity index (χ0n) is 7.47. The fourth-order valence-corrected chi connectivity index (χ4v) is 3.36. The molecular formula is C8H17FS2. The molecule has 11 heavy (non-hydrogen) atoms. The lowest BCUT2D eigenvalue weighted by Crippen LogP contribution is -2.10. The van der Waals surface area contributed by atoms with Crippen molar-refractivity contribution in [3.05, 3.63) is 0 Å². The molecular weight excluding hydrogens is 179 g/mol. The molecule has 1 unspecified atom stereocenters. The highest BCUT2D eigenvalue weighted by Gasteiger charge is 2.13. The molecule has 0 aliphatic carbocycles. The second kappa shape index (κ2) is 7.29. The van der Waals surface area contributed by atoms with Crippen LogP contribution in [0.15, 0.2) is 0 Å². The highest BCUT2D eigenvalue weighted by atomic mass is 33.1. The van der Waals surface area contributed by atoms with Crippen LogP contribution in [0, 0.1) is 5.92 Å². The van der Waals surface area contributed by atoms with E-state index in [1.54, 1.807) is 0 Å². The zero-order chi connectivity index (χ0) is 8.69. The second-order valence-corrected chi connectivity index (χ2v) is 5.66. The Bertz CT molecular complexity index is 86.2. The van der Waals surface area contributed by atoms with E-state index in [1.165, 1.54) is 0 Å². The molecule has 3 heteroatoms. The standard InChI is InChI=1S/C8H17FS2/c1-4-10-11-8(5-6-9)7(2)3/h7-8H,4-6H2,1-3H3. The molecule has 0 radical (unpaired) electrons. The van der Waals surface area contributed by atoms with Gasteiger partial charge in [0.15, 0.2) is 0 Å². The van der Waals surface area contributed by atoms with E-state index in [9.17, 15) is 4.39 Å². The molecule has 0 saturated heterocycles. The lowest BCUT2D eigenvalue weighted by molar-refractivity contribution is 0.438. The van der Waals surface area contributed by atoms with Gasteiger partial charge in [0.2, 0.25) is 0 Å². The Morgan fingerprint density at radius 2 is 2.00 bits per heavy atom. The first-order chi connectivity index (χ1) is 5.22. The normalized spacial score (nSPS) is 13.9. The number of alkyl halides is 1. The van der Waals surface area contributed by atoms with E-state index in [1.807, 2.05) is 21.6 Å². The van der Waals surface area contributed by atoms with Crippen LogP contribution < -0.4 is 0 Å². The largest absolute Gasteiger partial charge is 0.251 e. The summed E-state index contributed by atoms with van der Waals surface area (Å²) in [5.74, 6) is 1.70. The Morgan fingerprint density at radius 3 is 2.36 bits per heavy atom. The Labute approximate surface area is 77.1 Å². The third-order valence-corrected chi connectivity index (χ3v) is 4.70. The van der Waals surface area contributed by atoms with Crippen molar-refractivity contribution in [2.45, 2.75) is 32.4 Å². The van der Waals surface area contributed by atoms with E-state index >= 15 is 0 Å². The van der Waals surface area contributed by atoms with E-state index in [0.29, 0.717) is 17.6 Å². The molecule has 0 aliphatic heterocycles. The molecule has 0 aliphatic rings. The minimum Gasteiger partial charge on any atom is -0.251 e. The predicted molar refractivity (Wildman–Crippen MR) is 54.9 cm³/mol. The van der Waals surface area contributed by atoms with Gasteiger partial charge in [-0.15, -0.1) is 0 Å². The van der Waals surface area contributed by atoms with Crippen molar-refractivity contribution < 1.29 is 4.39 Å². The van der Waals surface area contributed by atoms with Gasteiger partial charge in [-0.3, -0.25) is 4.39 Å². The molecule has 0 amide bonds. The van der Waals surface area contributed by atoms with Crippen molar-refractivity contribution in [1.82, 2.24) is 0 Å². The Hall–Kier alpha value is 0.630. The highest BCUT2D eigenvalue weighted by Crippen LogP contribution is 2.32. The summed E-state index contributed by atoms with van der Waals surface area (Å²) in [6.07, 6.45) is 0.704. The third kappa shape index (κ3) is 5.85. The molecule has 0 aromatic rings. The van der Waals surface area contributed by atoms with Crippen LogP contribution >= 0.6 is 21.6 Å². The smallest absolute Gasteiger partial charge is 0.0905 e. The van der Waals surface area contributed by atoms with Gasteiger partial charge in [0.25, 0.3) is 0 Å². The molecule has 0 nitrogen and oxygen atoms in total. The number of halogens is 1. The van der Waals surface area contributed by atoms with Gasteiger partial charge in [0, 0.05) is 11.0 Å². The minimum absolute atomic E-state index is 0.180. The van der Waals surface area contributed by atoms with Gasteiger partial charge in [-0.2, -0.15) is 0 Å². The van der Waals surface area contributed by atoms with E-state index in [2.05, 4.69) is 20.8 Å². The van der Waals surface area contributed by atoms with E-state index in [-0.39, 0.29) is 6.67 Å². The van der Waals surface area contributed by atoms with Crippen LogP contribution in [0.2, 0.25) is 0 Å². The first-order valence-electron chi connectivity index (χ1n) is 4.06. The van der Waals surface area contributed by atoms with Crippen LogP contribution in [0.4, 0.5) is 4.39 Å². The summed E-state index contributed by atoms with van der Waals surface area (Å²) >= 11 is 0. The van der Waals surface area contributed by atoms with Gasteiger partial charge in [-0.05, 0) is 12.3 Å². The maximum atomic E-state index is 12.0. The summed E-state index contributed by atoms with van der Waals surface area (Å²) in [6, 6.07) is 0. The van der Waals surface area contributed by atoms with Crippen molar-refractivity contribution in [2.24, 2.45) is 5.92 Å². The summed E-state index contributed by atoms with van der Waals surface area (Å²) in [6.45, 7) is 6.26. The van der Waals surface area contributed by atoms with Gasteiger partial charge < -0.3 is 0 Å². The minimum atomic E-state index is -0.180. The molecule has 1 atom stereocenters. The Kier molecular flexibility index (Phi) is 7.71. The molecule has 68 valence electrons. The maximum absolute atomic E-state index is 12.0. The molecule has 0 bridgehead atoms. The van der Waals surface area contributed by atoms with E-state index in [0.717, 1.165) is 5.75 Å². The molecule has 0 aromatic carbocycles. The van der Waals surface area contributed by atoms with Crippen molar-refractivity contribution >= 4 is 21.6 Å². The zero-order valence-corrected chi connectivity index (χ0v) is 9.10. The first-order valence-corrected chi connectivity index (χ1v) is 6.44. The van der Waals surface area contributed by atoms with Crippen LogP contribution in [-0.2, 0) is 0 Å². The monoisotopic (exact) mass is 196 g/mol. The van der Waals surface area contributed by atoms with Gasteiger partial charge in [0.05, 0.1) is 6.67 Å². The SMILES string of the molecule is CCSSC(CCF)C(C)C.